The number of nitrogens with zero attached hydrogens (tertiary/aromatic N) is 1. The predicted molar refractivity (Wildman–Crippen MR) is 22.9 cm³/mol. The van der Waals surface area contributed by atoms with Gasteiger partial charge < -0.3 is 5.41 Å². The van der Waals surface area contributed by atoms with Crippen LogP contribution in [-0.2, 0) is 4.79 Å². The van der Waals surface area contributed by atoms with Crippen LogP contribution in [0.1, 0.15) is 19.3 Å². The molecule has 34 valence electrons. The molecule has 0 amide bonds. The SMILES string of the molecule is C1CC1.[N-]=C=O. The average molecular weight is 84.1 g/mol. The molecule has 0 radical (unpaired) electrons. The average Bonchev–Trinajstić information content (AvgIpc) is 2.11. The molecule has 0 saturated heterocycles. The summed E-state index contributed by atoms with van der Waals surface area (Å²) in [6.45, 7) is 0. The number of hydrogen-bond acceptors (Lipinski definition) is 1. The van der Waals surface area contributed by atoms with E-state index in [-0.39, 0.29) is 0 Å². The fourth-order valence-corrected chi connectivity index (χ4v) is 0. The van der Waals surface area contributed by atoms with Gasteiger partial charge >= 0.3 is 0 Å². The Morgan fingerprint density at radius 3 is 1.50 bits per heavy atom. The third kappa shape index (κ3) is 133. The van der Waals surface area contributed by atoms with Crippen LogP contribution in [0.5, 0.6) is 0 Å². The Morgan fingerprint density at radius 1 is 1.33 bits per heavy atom. The summed E-state index contributed by atoms with van der Waals surface area (Å²) < 4.78 is 0. The summed E-state index contributed by atoms with van der Waals surface area (Å²) in [5.74, 6) is 0. The van der Waals surface area contributed by atoms with E-state index in [1.807, 2.05) is 0 Å². The van der Waals surface area contributed by atoms with Crippen LogP contribution in [-0.4, -0.2) is 6.08 Å². The first-order chi connectivity index (χ1) is 2.91. The predicted octanol–water partition coefficient (Wildman–Crippen LogP) is 1.06. The maximum absolute atomic E-state index is 8.24. The van der Waals surface area contributed by atoms with Crippen LogP contribution in [0.2, 0.25) is 0 Å². The van der Waals surface area contributed by atoms with Crippen molar-refractivity contribution < 1.29 is 4.79 Å². The van der Waals surface area contributed by atoms with Crippen LogP contribution in [0, 0.1) is 0 Å². The number of carbonyl (C=O) groups excluding carboxylic acids is 1. The zero-order valence-electron chi connectivity index (χ0n) is 3.48. The van der Waals surface area contributed by atoms with Crippen LogP contribution in [0.15, 0.2) is 0 Å². The van der Waals surface area contributed by atoms with Gasteiger partial charge in [-0.1, -0.05) is 19.3 Å². The Balaban J connectivity index is 0.0000000833. The Hall–Kier alpha value is -0.620. The molecule has 0 aliphatic heterocycles. The van der Waals surface area contributed by atoms with Crippen molar-refractivity contribution in [3.05, 3.63) is 5.41 Å². The Morgan fingerprint density at radius 2 is 1.50 bits per heavy atom. The quantitative estimate of drug-likeness (QED) is 0.319. The van der Waals surface area contributed by atoms with Gasteiger partial charge in [0.1, 0.15) is 0 Å². The van der Waals surface area contributed by atoms with Crippen molar-refractivity contribution in [1.82, 2.24) is 0 Å². The summed E-state index contributed by atoms with van der Waals surface area (Å²) in [4.78, 5) is 8.24. The molecule has 1 saturated carbocycles. The van der Waals surface area contributed by atoms with Crippen molar-refractivity contribution in [3.63, 3.8) is 0 Å². The minimum Gasteiger partial charge on any atom is -0.724 e. The summed E-state index contributed by atoms with van der Waals surface area (Å²) >= 11 is 0. The van der Waals surface area contributed by atoms with Crippen molar-refractivity contribution in [3.8, 4) is 0 Å². The second kappa shape index (κ2) is 4.38. The second-order valence-electron chi connectivity index (χ2n) is 1.15. The van der Waals surface area contributed by atoms with E-state index in [0.29, 0.717) is 6.08 Å². The topological polar surface area (TPSA) is 39.4 Å². The molecule has 1 fully saturated rings. The lowest BCUT2D eigenvalue weighted by atomic mass is 11.0. The zero-order chi connectivity index (χ0) is 4.83. The molecule has 2 heteroatoms. The van der Waals surface area contributed by atoms with Crippen LogP contribution in [0.25, 0.3) is 5.41 Å². The van der Waals surface area contributed by atoms with E-state index in [2.05, 4.69) is 0 Å². The molecule has 1 aliphatic rings. The minimum absolute atomic E-state index is 0.500. The zero-order valence-corrected chi connectivity index (χ0v) is 3.48. The second-order valence-corrected chi connectivity index (χ2v) is 1.15. The maximum atomic E-state index is 8.24. The lowest BCUT2D eigenvalue weighted by Gasteiger charge is -1.32. The molecule has 0 bridgehead atoms. The van der Waals surface area contributed by atoms with Crippen molar-refractivity contribution in [2.75, 3.05) is 0 Å². The number of rotatable bonds is 0. The van der Waals surface area contributed by atoms with Gasteiger partial charge in [0.15, 0.2) is 0 Å². The summed E-state index contributed by atoms with van der Waals surface area (Å²) in [7, 11) is 0. The molecule has 0 aromatic rings. The highest BCUT2D eigenvalue weighted by Crippen LogP contribution is 2.14. The summed E-state index contributed by atoms with van der Waals surface area (Å²) in [6, 6.07) is 0. The largest absolute Gasteiger partial charge is 0.724 e. The molecule has 2 nitrogen and oxygen atoms in total. The first-order valence-corrected chi connectivity index (χ1v) is 1.93. The molecule has 0 heterocycles. The van der Waals surface area contributed by atoms with Gasteiger partial charge in [-0.2, -0.15) is 0 Å². The highest BCUT2D eigenvalue weighted by molar-refractivity contribution is 5.36. The number of hydrogen-bond donors (Lipinski definition) is 0. The molecule has 0 N–H and O–H groups in total. The molecule has 0 spiro atoms. The van der Waals surface area contributed by atoms with Crippen LogP contribution >= 0.6 is 0 Å². The third-order valence-electron chi connectivity index (χ3n) is 0.354. The van der Waals surface area contributed by atoms with E-state index in [4.69, 9.17) is 10.2 Å². The van der Waals surface area contributed by atoms with Gasteiger partial charge in [0, 0.05) is 0 Å². The Kier molecular flexibility index (Phi) is 3.93. The van der Waals surface area contributed by atoms with Crippen LogP contribution in [0.3, 0.4) is 0 Å². The normalized spacial score (nSPS) is 13.3. The Labute approximate surface area is 36.7 Å². The molecular formula is C4H6NO-. The van der Waals surface area contributed by atoms with Crippen molar-refractivity contribution in [1.29, 1.82) is 0 Å². The summed E-state index contributed by atoms with van der Waals surface area (Å²) in [5.41, 5.74) is 0. The molecule has 0 aromatic heterocycles. The van der Waals surface area contributed by atoms with Gasteiger partial charge in [-0.15, -0.1) is 0 Å². The smallest absolute Gasteiger partial charge is 0.0159 e. The minimum atomic E-state index is 0.500. The molecule has 6 heavy (non-hydrogen) atoms. The fourth-order valence-electron chi connectivity index (χ4n) is 0. The fraction of sp³-hybridized carbons (Fsp3) is 0.750. The molecule has 0 atom stereocenters. The Bertz CT molecular complexity index is 49.8. The molecule has 1 aliphatic carbocycles. The van der Waals surface area contributed by atoms with E-state index in [1.165, 1.54) is 19.3 Å². The van der Waals surface area contributed by atoms with Crippen molar-refractivity contribution in [2.45, 2.75) is 19.3 Å². The highest BCUT2D eigenvalue weighted by Gasteiger charge is 1.95. The van der Waals surface area contributed by atoms with Gasteiger partial charge in [0.05, 0.1) is 0 Å². The molecule has 1 rings (SSSR count). The van der Waals surface area contributed by atoms with E-state index >= 15 is 0 Å². The standard InChI is InChI=1S/C3H6.CNO/c1-2-3-1;2-1-3/h1-3H2;/q;-1. The van der Waals surface area contributed by atoms with E-state index < -0.39 is 0 Å². The highest BCUT2D eigenvalue weighted by atomic mass is 16.1. The van der Waals surface area contributed by atoms with Crippen LogP contribution in [0.4, 0.5) is 0 Å². The summed E-state index contributed by atoms with van der Waals surface area (Å²) in [6.07, 6.45) is 5.00. The summed E-state index contributed by atoms with van der Waals surface area (Å²) in [5, 5.41) is 6.76. The van der Waals surface area contributed by atoms with Gasteiger partial charge in [0.25, 0.3) is 0 Å². The lowest BCUT2D eigenvalue weighted by Crippen LogP contribution is -1.13. The molecule has 0 unspecified atom stereocenters. The first kappa shape index (κ1) is 5.38. The van der Waals surface area contributed by atoms with Gasteiger partial charge in [-0.25, -0.2) is 0 Å². The number of isocyanates is 1. The van der Waals surface area contributed by atoms with Gasteiger partial charge in [-0.05, 0) is 6.08 Å². The van der Waals surface area contributed by atoms with Crippen molar-refractivity contribution >= 4 is 6.08 Å². The van der Waals surface area contributed by atoms with E-state index in [9.17, 15) is 0 Å². The van der Waals surface area contributed by atoms with Crippen LogP contribution < -0.4 is 0 Å². The van der Waals surface area contributed by atoms with Crippen molar-refractivity contribution in [2.24, 2.45) is 0 Å². The van der Waals surface area contributed by atoms with E-state index in [0.717, 1.165) is 0 Å². The van der Waals surface area contributed by atoms with E-state index in [1.54, 1.807) is 0 Å². The monoisotopic (exact) mass is 84.0 g/mol. The maximum Gasteiger partial charge on any atom is -0.0159 e. The lowest BCUT2D eigenvalue weighted by molar-refractivity contribution is 0.569. The molecule has 0 aromatic carbocycles. The first-order valence-electron chi connectivity index (χ1n) is 1.93. The third-order valence-corrected chi connectivity index (χ3v) is 0.354. The van der Waals surface area contributed by atoms with Gasteiger partial charge in [-0.3, -0.25) is 4.79 Å². The van der Waals surface area contributed by atoms with Gasteiger partial charge in [0.2, 0.25) is 0 Å². The molecular weight excluding hydrogens is 78.0 g/mol.